The minimum absolute atomic E-state index is 0.0111. The van der Waals surface area contributed by atoms with Crippen LogP contribution in [0.25, 0.3) is 0 Å². The van der Waals surface area contributed by atoms with E-state index in [1.165, 1.54) is 32.1 Å². The summed E-state index contributed by atoms with van der Waals surface area (Å²) >= 11 is 0. The maximum absolute atomic E-state index is 11.6. The van der Waals surface area contributed by atoms with Gasteiger partial charge in [0.25, 0.3) is 0 Å². The van der Waals surface area contributed by atoms with Gasteiger partial charge in [0.1, 0.15) is 6.10 Å². The zero-order valence-corrected chi connectivity index (χ0v) is 10.7. The second-order valence-corrected chi connectivity index (χ2v) is 6.00. The first-order valence-corrected chi connectivity index (χ1v) is 7.12. The van der Waals surface area contributed by atoms with Crippen LogP contribution in [-0.4, -0.2) is 12.1 Å². The van der Waals surface area contributed by atoms with Crippen molar-refractivity contribution in [1.29, 1.82) is 0 Å². The van der Waals surface area contributed by atoms with Gasteiger partial charge in [0, 0.05) is 11.8 Å². The lowest BCUT2D eigenvalue weighted by Crippen LogP contribution is -2.44. The molecule has 0 amide bonds. The first kappa shape index (κ1) is 11.3. The Labute approximate surface area is 103 Å². The van der Waals surface area contributed by atoms with Gasteiger partial charge in [-0.2, -0.15) is 0 Å². The summed E-state index contributed by atoms with van der Waals surface area (Å²) in [5.41, 5.74) is 0.308. The molecule has 2 heteroatoms. The summed E-state index contributed by atoms with van der Waals surface area (Å²) in [4.78, 5) is 11.6. The van der Waals surface area contributed by atoms with Gasteiger partial charge >= 0.3 is 5.97 Å². The Kier molecular flexibility index (Phi) is 2.76. The Balaban J connectivity index is 1.80. The fourth-order valence-electron chi connectivity index (χ4n) is 4.30. The third-order valence-corrected chi connectivity index (χ3v) is 5.12. The van der Waals surface area contributed by atoms with E-state index in [0.717, 1.165) is 12.3 Å². The number of ether oxygens (including phenoxy) is 1. The van der Waals surface area contributed by atoms with Crippen molar-refractivity contribution in [2.24, 2.45) is 17.3 Å². The second-order valence-electron chi connectivity index (χ2n) is 6.00. The molecule has 0 aromatic heterocycles. The number of carbonyl (C=O) groups is 1. The molecule has 0 aliphatic heterocycles. The Hall–Kier alpha value is -0.790. The van der Waals surface area contributed by atoms with Gasteiger partial charge in [-0.1, -0.05) is 25.5 Å². The summed E-state index contributed by atoms with van der Waals surface area (Å²) in [5.74, 6) is 1.44. The highest BCUT2D eigenvalue weighted by Gasteiger charge is 2.54. The van der Waals surface area contributed by atoms with Gasteiger partial charge in [-0.15, -0.1) is 0 Å². The first-order valence-electron chi connectivity index (χ1n) is 7.12. The molecule has 3 aliphatic carbocycles. The monoisotopic (exact) mass is 234 g/mol. The molecule has 1 spiro atoms. The second kappa shape index (κ2) is 4.15. The first-order chi connectivity index (χ1) is 8.24. The van der Waals surface area contributed by atoms with E-state index in [4.69, 9.17) is 4.74 Å². The summed E-state index contributed by atoms with van der Waals surface area (Å²) in [6.45, 7) is 1.89. The molecule has 0 heterocycles. The fraction of sp³-hybridized carbons (Fsp3) is 0.800. The summed E-state index contributed by atoms with van der Waals surface area (Å²) in [6, 6.07) is 0. The van der Waals surface area contributed by atoms with Crippen molar-refractivity contribution < 1.29 is 9.53 Å². The van der Waals surface area contributed by atoms with Crippen LogP contribution in [0.1, 0.15) is 51.9 Å². The third-order valence-electron chi connectivity index (χ3n) is 5.12. The van der Waals surface area contributed by atoms with E-state index in [1.54, 1.807) is 0 Å². The van der Waals surface area contributed by atoms with Crippen molar-refractivity contribution in [2.45, 2.75) is 58.0 Å². The lowest BCUT2D eigenvalue weighted by atomic mass is 9.64. The standard InChI is InChI=1S/C15H22O2/c1-2-14(16)17-13-5-3-4-8-15(13)10-11-6-7-12(15)9-11/h6-7,11-13H,2-5,8-10H2,1H3. The molecular formula is C15H22O2. The highest BCUT2D eigenvalue weighted by Crippen LogP contribution is 2.59. The van der Waals surface area contributed by atoms with Crippen LogP contribution in [0.15, 0.2) is 12.2 Å². The van der Waals surface area contributed by atoms with Crippen molar-refractivity contribution in [3.8, 4) is 0 Å². The molecule has 3 aliphatic rings. The van der Waals surface area contributed by atoms with Gasteiger partial charge in [-0.3, -0.25) is 4.79 Å². The van der Waals surface area contributed by atoms with E-state index in [9.17, 15) is 4.79 Å². The third kappa shape index (κ3) is 1.73. The largest absolute Gasteiger partial charge is 0.462 e. The van der Waals surface area contributed by atoms with Gasteiger partial charge in [-0.25, -0.2) is 0 Å². The Morgan fingerprint density at radius 2 is 2.29 bits per heavy atom. The topological polar surface area (TPSA) is 26.3 Å². The molecule has 2 bridgehead atoms. The van der Waals surface area contributed by atoms with Gasteiger partial charge in [0.2, 0.25) is 0 Å². The van der Waals surface area contributed by atoms with E-state index in [1.807, 2.05) is 6.92 Å². The molecule has 2 saturated carbocycles. The van der Waals surface area contributed by atoms with Crippen LogP contribution in [0.5, 0.6) is 0 Å². The van der Waals surface area contributed by atoms with E-state index in [-0.39, 0.29) is 12.1 Å². The van der Waals surface area contributed by atoms with Crippen molar-refractivity contribution >= 4 is 5.97 Å². The van der Waals surface area contributed by atoms with Crippen LogP contribution in [0.2, 0.25) is 0 Å². The molecule has 17 heavy (non-hydrogen) atoms. The van der Waals surface area contributed by atoms with E-state index < -0.39 is 0 Å². The van der Waals surface area contributed by atoms with E-state index in [0.29, 0.717) is 17.8 Å². The molecule has 94 valence electrons. The molecule has 3 rings (SSSR count). The van der Waals surface area contributed by atoms with Crippen molar-refractivity contribution in [3.05, 3.63) is 12.2 Å². The Bertz CT molecular complexity index is 347. The van der Waals surface area contributed by atoms with Crippen LogP contribution < -0.4 is 0 Å². The molecule has 0 aromatic carbocycles. The van der Waals surface area contributed by atoms with E-state index in [2.05, 4.69) is 12.2 Å². The summed E-state index contributed by atoms with van der Waals surface area (Å²) in [7, 11) is 0. The minimum Gasteiger partial charge on any atom is -0.462 e. The van der Waals surface area contributed by atoms with Crippen molar-refractivity contribution in [3.63, 3.8) is 0 Å². The highest BCUT2D eigenvalue weighted by atomic mass is 16.5. The number of rotatable bonds is 2. The fourth-order valence-corrected chi connectivity index (χ4v) is 4.30. The molecule has 0 N–H and O–H groups in total. The quantitative estimate of drug-likeness (QED) is 0.540. The SMILES string of the molecule is CCC(=O)OC1CCCCC12CC1C=CC2C1. The molecular weight excluding hydrogens is 212 g/mol. The number of fused-ring (bicyclic) bond motifs is 3. The van der Waals surface area contributed by atoms with Crippen LogP contribution in [0, 0.1) is 17.3 Å². The predicted octanol–water partition coefficient (Wildman–Crippen LogP) is 3.46. The smallest absolute Gasteiger partial charge is 0.305 e. The molecule has 2 nitrogen and oxygen atoms in total. The van der Waals surface area contributed by atoms with Crippen LogP contribution in [0.4, 0.5) is 0 Å². The summed E-state index contributed by atoms with van der Waals surface area (Å²) in [6.07, 6.45) is 12.9. The van der Waals surface area contributed by atoms with Crippen molar-refractivity contribution in [2.75, 3.05) is 0 Å². The number of allylic oxidation sites excluding steroid dienone is 2. The summed E-state index contributed by atoms with van der Waals surface area (Å²) < 4.78 is 5.76. The summed E-state index contributed by atoms with van der Waals surface area (Å²) in [5, 5.41) is 0. The van der Waals surface area contributed by atoms with Crippen LogP contribution >= 0.6 is 0 Å². The van der Waals surface area contributed by atoms with Gasteiger partial charge in [0.15, 0.2) is 0 Å². The number of hydrogen-bond acceptors (Lipinski definition) is 2. The molecule has 4 atom stereocenters. The van der Waals surface area contributed by atoms with E-state index >= 15 is 0 Å². The molecule has 4 unspecified atom stereocenters. The Morgan fingerprint density at radius 3 is 2.94 bits per heavy atom. The number of hydrogen-bond donors (Lipinski definition) is 0. The average molecular weight is 234 g/mol. The van der Waals surface area contributed by atoms with Gasteiger partial charge < -0.3 is 4.74 Å². The maximum Gasteiger partial charge on any atom is 0.305 e. The van der Waals surface area contributed by atoms with Crippen molar-refractivity contribution in [1.82, 2.24) is 0 Å². The Morgan fingerprint density at radius 1 is 1.41 bits per heavy atom. The van der Waals surface area contributed by atoms with Gasteiger partial charge in [0.05, 0.1) is 0 Å². The van der Waals surface area contributed by atoms with Crippen LogP contribution in [0.3, 0.4) is 0 Å². The molecule has 0 saturated heterocycles. The zero-order valence-electron chi connectivity index (χ0n) is 10.7. The lowest BCUT2D eigenvalue weighted by molar-refractivity contribution is -0.161. The van der Waals surface area contributed by atoms with Gasteiger partial charge in [-0.05, 0) is 43.9 Å². The molecule has 0 aromatic rings. The lowest BCUT2D eigenvalue weighted by Gasteiger charge is -2.45. The van der Waals surface area contributed by atoms with Crippen LogP contribution in [-0.2, 0) is 9.53 Å². The molecule has 2 fully saturated rings. The molecule has 0 radical (unpaired) electrons. The maximum atomic E-state index is 11.6. The predicted molar refractivity (Wildman–Crippen MR) is 66.4 cm³/mol. The minimum atomic E-state index is -0.0111. The average Bonchev–Trinajstić information content (AvgIpc) is 2.93. The zero-order chi connectivity index (χ0) is 11.9. The normalized spacial score (nSPS) is 43.2. The number of carbonyl (C=O) groups excluding carboxylic acids is 1. The highest BCUT2D eigenvalue weighted by molar-refractivity contribution is 5.69. The number of esters is 1.